The highest BCUT2D eigenvalue weighted by Gasteiger charge is 2.43. The molecule has 2 rings (SSSR count). The molecule has 5 heteroatoms. The molecule has 0 bridgehead atoms. The number of aliphatic hydroxyl groups is 2. The predicted molar refractivity (Wildman–Crippen MR) is 63.8 cm³/mol. The third kappa shape index (κ3) is 3.07. The van der Waals surface area contributed by atoms with Crippen molar-refractivity contribution >= 4 is 0 Å². The van der Waals surface area contributed by atoms with Crippen LogP contribution in [0.4, 0.5) is 0 Å². The summed E-state index contributed by atoms with van der Waals surface area (Å²) in [6.45, 7) is 0.661. The zero-order valence-corrected chi connectivity index (χ0v) is 10.2. The molecule has 1 aromatic rings. The smallest absolute Gasteiger partial charge is 0.184 e. The molecule has 0 radical (unpaired) electrons. The number of rotatable bonds is 5. The lowest BCUT2D eigenvalue weighted by atomic mass is 10.1. The monoisotopic (exact) mass is 254 g/mol. The highest BCUT2D eigenvalue weighted by molar-refractivity contribution is 5.13. The Kier molecular flexibility index (Phi) is 4.68. The minimum atomic E-state index is -1.10. The van der Waals surface area contributed by atoms with Gasteiger partial charge in [-0.3, -0.25) is 0 Å². The molecule has 1 fully saturated rings. The highest BCUT2D eigenvalue weighted by atomic mass is 16.7. The van der Waals surface area contributed by atoms with E-state index in [0.29, 0.717) is 6.61 Å². The summed E-state index contributed by atoms with van der Waals surface area (Å²) in [7, 11) is 1.42. The van der Waals surface area contributed by atoms with E-state index in [-0.39, 0.29) is 6.61 Å². The van der Waals surface area contributed by atoms with Gasteiger partial charge >= 0.3 is 0 Å². The van der Waals surface area contributed by atoms with Crippen molar-refractivity contribution in [3.05, 3.63) is 35.9 Å². The van der Waals surface area contributed by atoms with Crippen LogP contribution in [0.25, 0.3) is 0 Å². The van der Waals surface area contributed by atoms with E-state index in [2.05, 4.69) is 0 Å². The fraction of sp³-hybridized carbons (Fsp3) is 0.538. The molecular weight excluding hydrogens is 236 g/mol. The zero-order chi connectivity index (χ0) is 13.0. The van der Waals surface area contributed by atoms with Gasteiger partial charge < -0.3 is 24.4 Å². The summed E-state index contributed by atoms with van der Waals surface area (Å²) < 4.78 is 15.6. The van der Waals surface area contributed by atoms with Gasteiger partial charge in [-0.25, -0.2) is 0 Å². The van der Waals surface area contributed by atoms with Crippen LogP contribution in [0.2, 0.25) is 0 Å². The number of aliphatic hydroxyl groups excluding tert-OH is 2. The average molecular weight is 254 g/mol. The summed E-state index contributed by atoms with van der Waals surface area (Å²) in [6, 6.07) is 9.72. The standard InChI is InChI=1S/C13H18O5/c1-16-12-11(14)10(18-13(12)15)8-17-7-9-5-3-2-4-6-9/h2-6,10-15H,7-8H2,1H3/t10-,11+,12-,13+/m1/s1. The van der Waals surface area contributed by atoms with Crippen LogP contribution < -0.4 is 0 Å². The summed E-state index contributed by atoms with van der Waals surface area (Å²) in [6.07, 6.45) is -3.25. The van der Waals surface area contributed by atoms with Gasteiger partial charge in [-0.1, -0.05) is 30.3 Å². The van der Waals surface area contributed by atoms with E-state index in [1.54, 1.807) is 0 Å². The number of hydrogen-bond acceptors (Lipinski definition) is 5. The van der Waals surface area contributed by atoms with Crippen molar-refractivity contribution in [2.45, 2.75) is 31.2 Å². The third-order valence-electron chi connectivity index (χ3n) is 2.98. The van der Waals surface area contributed by atoms with Crippen molar-refractivity contribution in [3.63, 3.8) is 0 Å². The summed E-state index contributed by atoms with van der Waals surface area (Å²) >= 11 is 0. The first-order valence-electron chi connectivity index (χ1n) is 5.88. The second kappa shape index (κ2) is 6.26. The van der Waals surface area contributed by atoms with Crippen LogP contribution in [-0.4, -0.2) is 48.5 Å². The van der Waals surface area contributed by atoms with Gasteiger partial charge in [0, 0.05) is 7.11 Å². The first kappa shape index (κ1) is 13.5. The molecule has 100 valence electrons. The van der Waals surface area contributed by atoms with Crippen LogP contribution in [0.1, 0.15) is 5.56 Å². The van der Waals surface area contributed by atoms with Gasteiger partial charge in [0.05, 0.1) is 13.2 Å². The van der Waals surface area contributed by atoms with Gasteiger partial charge in [0.15, 0.2) is 6.29 Å². The maximum atomic E-state index is 9.83. The summed E-state index contributed by atoms with van der Waals surface area (Å²) in [5, 5.41) is 19.3. The minimum absolute atomic E-state index is 0.215. The molecule has 4 atom stereocenters. The summed E-state index contributed by atoms with van der Waals surface area (Å²) in [5.74, 6) is 0. The van der Waals surface area contributed by atoms with Gasteiger partial charge in [-0.15, -0.1) is 0 Å². The molecular formula is C13H18O5. The number of ether oxygens (including phenoxy) is 3. The molecule has 2 N–H and O–H groups in total. The first-order chi connectivity index (χ1) is 8.72. The Labute approximate surface area is 106 Å². The van der Waals surface area contributed by atoms with Crippen molar-refractivity contribution < 1.29 is 24.4 Å². The lowest BCUT2D eigenvalue weighted by molar-refractivity contribution is -0.143. The zero-order valence-electron chi connectivity index (χ0n) is 10.2. The molecule has 0 aliphatic carbocycles. The molecule has 0 amide bonds. The molecule has 1 heterocycles. The number of methoxy groups -OCH3 is 1. The van der Waals surface area contributed by atoms with E-state index in [1.807, 2.05) is 30.3 Å². The van der Waals surface area contributed by atoms with Gasteiger partial charge in [-0.2, -0.15) is 0 Å². The third-order valence-corrected chi connectivity index (χ3v) is 2.98. The van der Waals surface area contributed by atoms with E-state index >= 15 is 0 Å². The van der Waals surface area contributed by atoms with E-state index in [0.717, 1.165) is 5.56 Å². The lowest BCUT2D eigenvalue weighted by Gasteiger charge is -2.16. The molecule has 5 nitrogen and oxygen atoms in total. The molecule has 1 saturated heterocycles. The van der Waals surface area contributed by atoms with Crippen molar-refractivity contribution in [2.75, 3.05) is 13.7 Å². The second-order valence-corrected chi connectivity index (χ2v) is 4.26. The maximum absolute atomic E-state index is 9.83. The minimum Gasteiger partial charge on any atom is -0.387 e. The van der Waals surface area contributed by atoms with Crippen molar-refractivity contribution in [3.8, 4) is 0 Å². The molecule has 1 aliphatic heterocycles. The summed E-state index contributed by atoms with van der Waals surface area (Å²) in [4.78, 5) is 0. The first-order valence-corrected chi connectivity index (χ1v) is 5.88. The average Bonchev–Trinajstić information content (AvgIpc) is 2.65. The largest absolute Gasteiger partial charge is 0.387 e. The number of hydrogen-bond donors (Lipinski definition) is 2. The maximum Gasteiger partial charge on any atom is 0.184 e. The SMILES string of the molecule is CO[C@@H]1[C@@H](O)[C@@H](COCc2ccccc2)O[C@@H]1O. The molecule has 0 unspecified atom stereocenters. The Balaban J connectivity index is 1.78. The van der Waals surface area contributed by atoms with Gasteiger partial charge in [0.25, 0.3) is 0 Å². The Morgan fingerprint density at radius 1 is 1.22 bits per heavy atom. The van der Waals surface area contributed by atoms with Gasteiger partial charge in [0.2, 0.25) is 0 Å². The topological polar surface area (TPSA) is 68.2 Å². The van der Waals surface area contributed by atoms with Crippen LogP contribution >= 0.6 is 0 Å². The van der Waals surface area contributed by atoms with Crippen molar-refractivity contribution in [1.29, 1.82) is 0 Å². The molecule has 0 aromatic heterocycles. The van der Waals surface area contributed by atoms with E-state index in [9.17, 15) is 10.2 Å². The summed E-state index contributed by atoms with van der Waals surface area (Å²) in [5.41, 5.74) is 1.05. The van der Waals surface area contributed by atoms with Gasteiger partial charge in [0.1, 0.15) is 18.3 Å². The van der Waals surface area contributed by atoms with Crippen molar-refractivity contribution in [2.24, 2.45) is 0 Å². The molecule has 0 saturated carbocycles. The van der Waals surface area contributed by atoms with Crippen molar-refractivity contribution in [1.82, 2.24) is 0 Å². The van der Waals surface area contributed by atoms with E-state index < -0.39 is 24.6 Å². The van der Waals surface area contributed by atoms with E-state index in [1.165, 1.54) is 7.11 Å². The van der Waals surface area contributed by atoms with Crippen LogP contribution in [0, 0.1) is 0 Å². The molecule has 1 aliphatic rings. The van der Waals surface area contributed by atoms with E-state index in [4.69, 9.17) is 14.2 Å². The Morgan fingerprint density at radius 2 is 1.94 bits per heavy atom. The second-order valence-electron chi connectivity index (χ2n) is 4.26. The number of benzene rings is 1. The van der Waals surface area contributed by atoms with Crippen LogP contribution in [0.5, 0.6) is 0 Å². The Hall–Kier alpha value is -0.980. The van der Waals surface area contributed by atoms with Crippen LogP contribution in [-0.2, 0) is 20.8 Å². The normalized spacial score (nSPS) is 31.7. The molecule has 0 spiro atoms. The fourth-order valence-electron chi connectivity index (χ4n) is 1.98. The quantitative estimate of drug-likeness (QED) is 0.791. The molecule has 1 aromatic carbocycles. The highest BCUT2D eigenvalue weighted by Crippen LogP contribution is 2.22. The van der Waals surface area contributed by atoms with Crippen LogP contribution in [0.3, 0.4) is 0 Å². The predicted octanol–water partition coefficient (Wildman–Crippen LogP) is 0.296. The molecule has 18 heavy (non-hydrogen) atoms. The lowest BCUT2D eigenvalue weighted by Crippen LogP contribution is -2.35. The fourth-order valence-corrected chi connectivity index (χ4v) is 1.98. The van der Waals surface area contributed by atoms with Gasteiger partial charge in [-0.05, 0) is 5.56 Å². The Bertz CT molecular complexity index is 356. The Morgan fingerprint density at radius 3 is 2.56 bits per heavy atom. The van der Waals surface area contributed by atoms with Crippen LogP contribution in [0.15, 0.2) is 30.3 Å².